The number of rotatable bonds is 14. The van der Waals surface area contributed by atoms with Crippen molar-refractivity contribution < 1.29 is 22.8 Å². The molecule has 13 heteroatoms. The fraction of sp³-hybridized carbons (Fsp3) is 0.393. The molecule has 0 aliphatic heterocycles. The Kier molecular flexibility index (Phi) is 11.5. The molecule has 0 radical (unpaired) electrons. The first kappa shape index (κ1) is 33.3. The van der Waals surface area contributed by atoms with E-state index in [1.165, 1.54) is 6.07 Å². The summed E-state index contributed by atoms with van der Waals surface area (Å²) in [6.45, 7) is 9.16. The van der Waals surface area contributed by atoms with Gasteiger partial charge in [-0.25, -0.2) is 4.98 Å². The Hall–Kier alpha value is -3.93. The molecule has 2 amide bonds. The van der Waals surface area contributed by atoms with Gasteiger partial charge in [0.25, 0.3) is 0 Å². The average molecular weight is 594 g/mol. The summed E-state index contributed by atoms with van der Waals surface area (Å²) in [4.78, 5) is 33.4. The van der Waals surface area contributed by atoms with E-state index in [0.29, 0.717) is 41.6 Å². The number of nitrogens with zero attached hydrogens (tertiary/aromatic N) is 3. The van der Waals surface area contributed by atoms with Crippen molar-refractivity contribution in [2.75, 3.05) is 30.7 Å². The highest BCUT2D eigenvalue weighted by molar-refractivity contribution is 6.34. The summed E-state index contributed by atoms with van der Waals surface area (Å²) >= 11 is 6.75. The number of halogens is 4. The Morgan fingerprint density at radius 2 is 1.98 bits per heavy atom. The van der Waals surface area contributed by atoms with Gasteiger partial charge in [0.15, 0.2) is 0 Å². The highest BCUT2D eigenvalue weighted by atomic mass is 35.5. The lowest BCUT2D eigenvalue weighted by Crippen LogP contribution is -2.46. The van der Waals surface area contributed by atoms with Gasteiger partial charge in [0.2, 0.25) is 12.8 Å². The number of hydrogen-bond acceptors (Lipinski definition) is 6. The van der Waals surface area contributed by atoms with Gasteiger partial charge in [-0.3, -0.25) is 14.6 Å². The second-order valence-electron chi connectivity index (χ2n) is 10.0. The Bertz CT molecular complexity index is 1310. The summed E-state index contributed by atoms with van der Waals surface area (Å²) in [5.74, 6) is 0.0751. The molecule has 0 bridgehead atoms. The zero-order valence-electron chi connectivity index (χ0n) is 23.4. The highest BCUT2D eigenvalue weighted by Gasteiger charge is 2.47. The maximum absolute atomic E-state index is 13.8. The summed E-state index contributed by atoms with van der Waals surface area (Å²) in [7, 11) is 0. The van der Waals surface area contributed by atoms with E-state index in [4.69, 9.17) is 22.7 Å². The van der Waals surface area contributed by atoms with Gasteiger partial charge in [0.05, 0.1) is 28.2 Å². The quantitative estimate of drug-likeness (QED) is 0.0784. The lowest BCUT2D eigenvalue weighted by atomic mass is 9.93. The van der Waals surface area contributed by atoms with E-state index < -0.39 is 24.2 Å². The Labute approximate surface area is 242 Å². The first-order chi connectivity index (χ1) is 19.2. The molecule has 0 aliphatic rings. The predicted octanol–water partition coefficient (Wildman–Crippen LogP) is 5.21. The van der Waals surface area contributed by atoms with Crippen molar-refractivity contribution in [3.8, 4) is 11.3 Å². The second kappa shape index (κ2) is 14.1. The normalized spacial score (nSPS) is 12.8. The minimum atomic E-state index is -4.55. The van der Waals surface area contributed by atoms with Crippen molar-refractivity contribution in [3.63, 3.8) is 0 Å². The van der Waals surface area contributed by atoms with Gasteiger partial charge in [-0.05, 0) is 51.8 Å². The number of nitrogens with two attached hydrogens (primary N) is 1. The van der Waals surface area contributed by atoms with Crippen LogP contribution in [-0.2, 0) is 9.59 Å². The number of benzene rings is 1. The molecule has 5 N–H and O–H groups in total. The number of pyridine rings is 1. The molecule has 1 aromatic carbocycles. The van der Waals surface area contributed by atoms with Crippen LogP contribution in [0.1, 0.15) is 43.9 Å². The largest absolute Gasteiger partial charge is 0.398 e. The van der Waals surface area contributed by atoms with E-state index >= 15 is 0 Å². The van der Waals surface area contributed by atoms with E-state index in [9.17, 15) is 22.8 Å². The number of amides is 2. The number of amidine groups is 1. The van der Waals surface area contributed by atoms with Crippen molar-refractivity contribution in [3.05, 3.63) is 52.6 Å². The molecular weight excluding hydrogens is 559 g/mol. The molecule has 41 heavy (non-hydrogen) atoms. The van der Waals surface area contributed by atoms with Gasteiger partial charge in [0, 0.05) is 42.2 Å². The van der Waals surface area contributed by atoms with Crippen LogP contribution in [0.2, 0.25) is 5.02 Å². The summed E-state index contributed by atoms with van der Waals surface area (Å²) in [6.07, 6.45) is -0.487. The van der Waals surface area contributed by atoms with Gasteiger partial charge in [-0.2, -0.15) is 13.2 Å². The number of alkyl halides is 3. The predicted molar refractivity (Wildman–Crippen MR) is 158 cm³/mol. The molecule has 222 valence electrons. The molecule has 9 nitrogen and oxygen atoms in total. The molecule has 1 atom stereocenters. The molecule has 0 spiro atoms. The number of carbonyl (C=O) groups excluding carboxylic acids is 2. The standard InChI is InChI=1S/C28H35ClF3N7O2/c1-6-7-10-39(18(3)13-35-15-40)26(36-14-27(4,5)28(30,31)32)19-11-21(29)24(38-25(19)37-16-41)23-17(2)8-9-22(34)20(23)12-33/h6,8-9,11-12,15-16,18,33H,1,7,10,13-14,34H2,2-5H3,(H,35,40)(H,37,38,41). The number of carbonyl (C=O) groups is 2. The number of hydrogen-bond donors (Lipinski definition) is 4. The maximum Gasteiger partial charge on any atom is 0.395 e. The van der Waals surface area contributed by atoms with Gasteiger partial charge < -0.3 is 26.7 Å². The van der Waals surface area contributed by atoms with Crippen LogP contribution >= 0.6 is 11.6 Å². The van der Waals surface area contributed by atoms with E-state index in [0.717, 1.165) is 20.1 Å². The Balaban J connectivity index is 2.91. The van der Waals surface area contributed by atoms with Crippen LogP contribution in [0.15, 0.2) is 35.8 Å². The number of anilines is 2. The van der Waals surface area contributed by atoms with Crippen LogP contribution in [0.3, 0.4) is 0 Å². The lowest BCUT2D eigenvalue weighted by Gasteiger charge is -2.34. The van der Waals surface area contributed by atoms with Crippen molar-refractivity contribution in [1.82, 2.24) is 15.2 Å². The summed E-state index contributed by atoms with van der Waals surface area (Å²) < 4.78 is 41.4. The second-order valence-corrected chi connectivity index (χ2v) is 10.5. The first-order valence-corrected chi connectivity index (χ1v) is 13.1. The minimum absolute atomic E-state index is 0.0140. The van der Waals surface area contributed by atoms with Crippen molar-refractivity contribution in [1.29, 1.82) is 5.41 Å². The van der Waals surface area contributed by atoms with Crippen LogP contribution < -0.4 is 16.4 Å². The molecule has 0 fully saturated rings. The Morgan fingerprint density at radius 1 is 1.29 bits per heavy atom. The number of aromatic nitrogens is 1. The van der Waals surface area contributed by atoms with Gasteiger partial charge in [-0.15, -0.1) is 6.58 Å². The van der Waals surface area contributed by atoms with E-state index in [-0.39, 0.29) is 41.0 Å². The number of aryl methyl sites for hydroxylation is 1. The topological polar surface area (TPSA) is 137 Å². The van der Waals surface area contributed by atoms with Crippen molar-refractivity contribution >= 4 is 48.0 Å². The lowest BCUT2D eigenvalue weighted by molar-refractivity contribution is -0.207. The van der Waals surface area contributed by atoms with Crippen LogP contribution in [-0.4, -0.2) is 66.6 Å². The number of nitrogens with one attached hydrogen (secondary N) is 3. The highest BCUT2D eigenvalue weighted by Crippen LogP contribution is 2.39. The van der Waals surface area contributed by atoms with Gasteiger partial charge in [0.1, 0.15) is 11.7 Å². The van der Waals surface area contributed by atoms with E-state index in [1.54, 1.807) is 37.0 Å². The summed E-state index contributed by atoms with van der Waals surface area (Å²) in [5, 5.41) is 13.1. The monoisotopic (exact) mass is 593 g/mol. The molecule has 0 aliphatic carbocycles. The third-order valence-corrected chi connectivity index (χ3v) is 6.84. The first-order valence-electron chi connectivity index (χ1n) is 12.7. The molecule has 0 saturated carbocycles. The Morgan fingerprint density at radius 3 is 2.54 bits per heavy atom. The van der Waals surface area contributed by atoms with Gasteiger partial charge in [-0.1, -0.05) is 23.7 Å². The van der Waals surface area contributed by atoms with Crippen LogP contribution in [0.4, 0.5) is 24.7 Å². The fourth-order valence-electron chi connectivity index (χ4n) is 4.00. The molecule has 2 rings (SSSR count). The zero-order valence-corrected chi connectivity index (χ0v) is 24.2. The number of aliphatic imine (C=N–C) groups is 1. The van der Waals surface area contributed by atoms with Crippen LogP contribution in [0.25, 0.3) is 11.3 Å². The zero-order chi connectivity index (χ0) is 31.0. The van der Waals surface area contributed by atoms with Crippen molar-refractivity contribution in [2.45, 2.75) is 46.3 Å². The SMILES string of the molecule is C=CCCN(C(=NCC(C)(C)C(F)(F)F)c1cc(Cl)c(-c2c(C)ccc(N)c2C=N)nc1NC=O)C(C)CNC=O. The minimum Gasteiger partial charge on any atom is -0.398 e. The molecular formula is C28H35ClF3N7O2. The molecule has 1 unspecified atom stereocenters. The molecule has 1 heterocycles. The fourth-order valence-corrected chi connectivity index (χ4v) is 4.25. The average Bonchev–Trinajstić information content (AvgIpc) is 2.90. The summed E-state index contributed by atoms with van der Waals surface area (Å²) in [6, 6.07) is 4.41. The van der Waals surface area contributed by atoms with E-state index in [2.05, 4.69) is 27.2 Å². The number of nitrogen functional groups attached to an aromatic ring is 1. The van der Waals surface area contributed by atoms with Gasteiger partial charge >= 0.3 is 6.18 Å². The molecule has 0 saturated heterocycles. The van der Waals surface area contributed by atoms with Crippen molar-refractivity contribution in [2.24, 2.45) is 10.4 Å². The molecule has 2 aromatic rings. The third kappa shape index (κ3) is 7.84. The van der Waals surface area contributed by atoms with Crippen LogP contribution in [0, 0.1) is 17.7 Å². The molecule has 1 aromatic heterocycles. The van der Waals surface area contributed by atoms with Crippen LogP contribution in [0.5, 0.6) is 0 Å². The maximum atomic E-state index is 13.8. The smallest absolute Gasteiger partial charge is 0.395 e. The third-order valence-electron chi connectivity index (χ3n) is 6.55. The van der Waals surface area contributed by atoms with E-state index in [1.807, 2.05) is 0 Å². The summed E-state index contributed by atoms with van der Waals surface area (Å²) in [5.41, 5.74) is 6.15.